The van der Waals surface area contributed by atoms with Crippen molar-refractivity contribution in [3.8, 4) is 5.75 Å². The van der Waals surface area contributed by atoms with Crippen LogP contribution in [0.5, 0.6) is 5.75 Å². The van der Waals surface area contributed by atoms with Gasteiger partial charge in [-0.2, -0.15) is 0 Å². The van der Waals surface area contributed by atoms with E-state index in [1.165, 1.54) is 0 Å². The topological polar surface area (TPSA) is 26.3 Å². The van der Waals surface area contributed by atoms with Crippen LogP contribution in [0.4, 0.5) is 0 Å². The molecule has 2 aromatic carbocycles. The van der Waals surface area contributed by atoms with Crippen LogP contribution in [0.25, 0.3) is 0 Å². The number of para-hydroxylation sites is 1. The molecular weight excluding hydrogens is 268 g/mol. The fraction of sp³-hybridized carbons (Fsp3) is 0. The Balaban J connectivity index is 2.42. The summed E-state index contributed by atoms with van der Waals surface area (Å²) in [7, 11) is 0. The molecule has 0 aliphatic heterocycles. The van der Waals surface area contributed by atoms with Gasteiger partial charge in [-0.15, -0.1) is 0 Å². The molecule has 0 aliphatic rings. The minimum absolute atomic E-state index is 0.0457. The Morgan fingerprint density at radius 2 is 1.56 bits per heavy atom. The Labute approximate surface area is 102 Å². The molecule has 0 N–H and O–H groups in total. The van der Waals surface area contributed by atoms with Gasteiger partial charge in [0.25, 0.3) is 0 Å². The second-order valence-corrected chi connectivity index (χ2v) is 3.59. The van der Waals surface area contributed by atoms with Gasteiger partial charge in [0.2, 0.25) is 0 Å². The molecule has 0 unspecified atom stereocenters. The van der Waals surface area contributed by atoms with Crippen LogP contribution in [0, 0.1) is 0 Å². The van der Waals surface area contributed by atoms with Crippen LogP contribution < -0.4 is 3.83 Å². The maximum atomic E-state index is 12.1. The first-order valence-corrected chi connectivity index (χ1v) is 5.45. The van der Waals surface area contributed by atoms with E-state index in [4.69, 9.17) is 3.83 Å². The lowest BCUT2D eigenvalue weighted by atomic mass is 10.0. The van der Waals surface area contributed by atoms with Crippen molar-refractivity contribution >= 4 is 22.0 Å². The number of halogens is 1. The number of carbonyl (C=O) groups is 1. The highest BCUT2D eigenvalue weighted by Crippen LogP contribution is 2.22. The van der Waals surface area contributed by atoms with E-state index in [2.05, 4.69) is 16.3 Å². The molecule has 16 heavy (non-hydrogen) atoms. The zero-order valence-corrected chi connectivity index (χ0v) is 9.98. The molecule has 0 amide bonds. The first kappa shape index (κ1) is 10.9. The monoisotopic (exact) mass is 276 g/mol. The van der Waals surface area contributed by atoms with Crippen LogP contribution in [0.3, 0.4) is 0 Å². The highest BCUT2D eigenvalue weighted by atomic mass is 79.9. The van der Waals surface area contributed by atoms with Gasteiger partial charge in [0.05, 0.1) is 5.56 Å². The van der Waals surface area contributed by atoms with Gasteiger partial charge in [0.15, 0.2) is 22.0 Å². The zero-order chi connectivity index (χ0) is 11.4. The number of carbonyl (C=O) groups excluding carboxylic acids is 1. The molecule has 0 aliphatic carbocycles. The van der Waals surface area contributed by atoms with Gasteiger partial charge in [-0.1, -0.05) is 42.5 Å². The molecule has 2 aromatic rings. The number of rotatable bonds is 3. The van der Waals surface area contributed by atoms with E-state index in [-0.39, 0.29) is 5.78 Å². The average molecular weight is 277 g/mol. The average Bonchev–Trinajstić information content (AvgIpc) is 2.39. The molecule has 0 radical (unpaired) electrons. The van der Waals surface area contributed by atoms with Crippen LogP contribution in [0.1, 0.15) is 15.9 Å². The van der Waals surface area contributed by atoms with Crippen molar-refractivity contribution in [3.63, 3.8) is 0 Å². The minimum atomic E-state index is -0.0457. The molecule has 0 saturated carbocycles. The first-order chi connectivity index (χ1) is 7.83. The third-order valence-electron chi connectivity index (χ3n) is 2.25. The molecule has 80 valence electrons. The minimum Gasteiger partial charge on any atom is -0.417 e. The maximum Gasteiger partial charge on any atom is 0.196 e. The Hall–Kier alpha value is -1.61. The van der Waals surface area contributed by atoms with Crippen molar-refractivity contribution in [1.29, 1.82) is 0 Å². The number of ketones is 1. The molecule has 0 aromatic heterocycles. The third-order valence-corrected chi connectivity index (χ3v) is 2.60. The molecule has 3 heteroatoms. The summed E-state index contributed by atoms with van der Waals surface area (Å²) in [6.07, 6.45) is 0. The summed E-state index contributed by atoms with van der Waals surface area (Å²) in [6, 6.07) is 16.2. The van der Waals surface area contributed by atoms with E-state index in [1.807, 2.05) is 30.3 Å². The zero-order valence-electron chi connectivity index (χ0n) is 8.39. The molecular formula is C13H9BrO2. The first-order valence-electron chi connectivity index (χ1n) is 4.80. The van der Waals surface area contributed by atoms with Crippen molar-refractivity contribution < 1.29 is 8.62 Å². The van der Waals surface area contributed by atoms with Crippen molar-refractivity contribution in [2.75, 3.05) is 0 Å². The van der Waals surface area contributed by atoms with Gasteiger partial charge in [0.1, 0.15) is 5.75 Å². The van der Waals surface area contributed by atoms with Crippen molar-refractivity contribution in [3.05, 3.63) is 65.7 Å². The fourth-order valence-electron chi connectivity index (χ4n) is 1.47. The predicted octanol–water partition coefficient (Wildman–Crippen LogP) is 3.61. The van der Waals surface area contributed by atoms with Crippen LogP contribution in [-0.2, 0) is 0 Å². The second kappa shape index (κ2) is 4.94. The quantitative estimate of drug-likeness (QED) is 0.801. The standard InChI is InChI=1S/C13H9BrO2/c14-16-12-9-5-4-8-11(12)13(15)10-6-2-1-3-7-10/h1-9H. The summed E-state index contributed by atoms with van der Waals surface area (Å²) in [5.41, 5.74) is 1.20. The SMILES string of the molecule is O=C(c1ccccc1)c1ccccc1OBr. The lowest BCUT2D eigenvalue weighted by Crippen LogP contribution is -2.02. The van der Waals surface area contributed by atoms with Crippen LogP contribution >= 0.6 is 16.3 Å². The van der Waals surface area contributed by atoms with Crippen LogP contribution in [-0.4, -0.2) is 5.78 Å². The highest BCUT2D eigenvalue weighted by Gasteiger charge is 2.13. The van der Waals surface area contributed by atoms with Gasteiger partial charge in [0, 0.05) is 5.56 Å². The van der Waals surface area contributed by atoms with Crippen molar-refractivity contribution in [2.45, 2.75) is 0 Å². The summed E-state index contributed by atoms with van der Waals surface area (Å²) < 4.78 is 4.98. The largest absolute Gasteiger partial charge is 0.417 e. The predicted molar refractivity (Wildman–Crippen MR) is 65.9 cm³/mol. The fourth-order valence-corrected chi connectivity index (χ4v) is 1.75. The lowest BCUT2D eigenvalue weighted by Gasteiger charge is -2.05. The van der Waals surface area contributed by atoms with Crippen molar-refractivity contribution in [1.82, 2.24) is 0 Å². The smallest absolute Gasteiger partial charge is 0.196 e. The number of hydrogen-bond donors (Lipinski definition) is 0. The van der Waals surface area contributed by atoms with Gasteiger partial charge in [-0.3, -0.25) is 4.79 Å². The summed E-state index contributed by atoms with van der Waals surface area (Å²) >= 11 is 2.90. The summed E-state index contributed by atoms with van der Waals surface area (Å²) in [4.78, 5) is 12.1. The van der Waals surface area contributed by atoms with E-state index in [1.54, 1.807) is 24.3 Å². The van der Waals surface area contributed by atoms with Gasteiger partial charge >= 0.3 is 0 Å². The maximum absolute atomic E-state index is 12.1. The Morgan fingerprint density at radius 3 is 2.25 bits per heavy atom. The van der Waals surface area contributed by atoms with Crippen LogP contribution in [0.2, 0.25) is 0 Å². The number of benzene rings is 2. The molecule has 0 atom stereocenters. The van der Waals surface area contributed by atoms with E-state index in [0.717, 1.165) is 0 Å². The molecule has 0 heterocycles. The molecule has 2 nitrogen and oxygen atoms in total. The Kier molecular flexibility index (Phi) is 3.37. The van der Waals surface area contributed by atoms with Gasteiger partial charge in [-0.25, -0.2) is 0 Å². The normalized spacial score (nSPS) is 9.81. The number of hydrogen-bond acceptors (Lipinski definition) is 2. The summed E-state index contributed by atoms with van der Waals surface area (Å²) in [5.74, 6) is 0.479. The van der Waals surface area contributed by atoms with Crippen molar-refractivity contribution in [2.24, 2.45) is 0 Å². The molecule has 2 rings (SSSR count). The van der Waals surface area contributed by atoms with Crippen LogP contribution in [0.15, 0.2) is 54.6 Å². The third kappa shape index (κ3) is 2.14. The lowest BCUT2D eigenvalue weighted by molar-refractivity contribution is 0.103. The van der Waals surface area contributed by atoms with E-state index < -0.39 is 0 Å². The van der Waals surface area contributed by atoms with E-state index >= 15 is 0 Å². The van der Waals surface area contributed by atoms with Gasteiger partial charge < -0.3 is 3.83 Å². The molecule has 0 bridgehead atoms. The van der Waals surface area contributed by atoms with E-state index in [0.29, 0.717) is 16.9 Å². The summed E-state index contributed by atoms with van der Waals surface area (Å²) in [6.45, 7) is 0. The second-order valence-electron chi connectivity index (χ2n) is 3.27. The highest BCUT2D eigenvalue weighted by molar-refractivity contribution is 9.06. The molecule has 0 saturated heterocycles. The summed E-state index contributed by atoms with van der Waals surface area (Å²) in [5, 5.41) is 0. The van der Waals surface area contributed by atoms with E-state index in [9.17, 15) is 4.79 Å². The molecule has 0 fully saturated rings. The Morgan fingerprint density at radius 1 is 0.938 bits per heavy atom. The Bertz CT molecular complexity index is 494. The molecule has 0 spiro atoms. The van der Waals surface area contributed by atoms with Gasteiger partial charge in [-0.05, 0) is 12.1 Å².